The molecule has 0 radical (unpaired) electrons. The lowest BCUT2D eigenvalue weighted by molar-refractivity contribution is -0.136. The Bertz CT molecular complexity index is 4560. The van der Waals surface area contributed by atoms with Crippen molar-refractivity contribution in [3.8, 4) is 0 Å². The van der Waals surface area contributed by atoms with E-state index in [1.54, 1.807) is 9.21 Å². The van der Waals surface area contributed by atoms with Crippen molar-refractivity contribution in [3.63, 3.8) is 0 Å². The first-order valence-electron chi connectivity index (χ1n) is 51.9. The summed E-state index contributed by atoms with van der Waals surface area (Å²) in [4.78, 5) is 30.1. The number of rotatable bonds is 25. The number of ether oxygens (including phenoxy) is 1. The minimum atomic E-state index is -3.06. The summed E-state index contributed by atoms with van der Waals surface area (Å²) in [5.41, 5.74) is 18.2. The van der Waals surface area contributed by atoms with Crippen LogP contribution in [-0.2, 0) is 26.6 Å². The number of aliphatic hydroxyl groups is 1. The molecule has 0 bridgehead atoms. The molecule has 26 nitrogen and oxygen atoms in total. The molecule has 3 N–H and O–H groups in total. The molecule has 29 heteroatoms. The maximum absolute atomic E-state index is 13.1. The summed E-state index contributed by atoms with van der Waals surface area (Å²) in [7, 11) is -1.07. The third-order valence-corrected chi connectivity index (χ3v) is 29.3. The number of hydrogen-bond donors (Lipinski definition) is 3. The Morgan fingerprint density at radius 3 is 0.903 bits per heavy atom. The van der Waals surface area contributed by atoms with Crippen LogP contribution in [0.25, 0.3) is 0 Å². The summed E-state index contributed by atoms with van der Waals surface area (Å²) >= 11 is 0. The standard InChI is InChI=1S/C18H27F2N3O.C18H30N4O.C16H29N3O.C15H27N3O2S.C14H25N3.C14H24N2O.C10H18N2/c1-11(2)14-10-23(21-16(14)12(3)4)13-5-7-22(8-6-13)17(24)15-9-18(15,19)20;1-12(2)16-11-22(20-17(16)13(3)4)15-7-9-21(10-8-15)18(23)19-14-5-6-14;1-12(2)15-11-19(17-16(15)13(3)4)14-5-7-18(8-6-14)9-10-20;1-11(2)14-10-18(16-15(14)12(3)4)13-6-8-17(9-7-13)21(5,19)20;1-10(2)13-9-17(16-14(13)11(3)4)12-5-7-15-8-6-12;1-10(2)13-9-16(15-14(13)11(3)4)12-5-7-17-8-6-12;1-7(2)9-6-12(5)11-10(9)8(3)4/h10-13,15H,5-9H2,1-4H3;11-15H,5-10H2,1-4H3,(H,19,23);11-14,20H,5-10H2,1-4H3;10-13H,6-9H2,1-5H3;9-12,15H,5-8H2,1-4H3;9-12H,5-8H2,1-4H3;6-8H,1-5H3. The summed E-state index contributed by atoms with van der Waals surface area (Å²) in [6, 6.07) is 3.20. The maximum Gasteiger partial charge on any atom is 0.317 e. The molecule has 134 heavy (non-hydrogen) atoms. The molecular formula is C105H180F2N20O6S. The summed E-state index contributed by atoms with van der Waals surface area (Å²) in [6.07, 6.45) is 30.9. The molecule has 8 fully saturated rings. The fourth-order valence-corrected chi connectivity index (χ4v) is 20.2. The van der Waals surface area contributed by atoms with Gasteiger partial charge in [-0.3, -0.25) is 37.6 Å². The molecule has 7 aromatic rings. The predicted octanol–water partition coefficient (Wildman–Crippen LogP) is 22.3. The highest BCUT2D eigenvalue weighted by Gasteiger charge is 2.62. The molecule has 6 aliphatic heterocycles. The highest BCUT2D eigenvalue weighted by atomic mass is 32.2. The number of amides is 3. The number of carbonyl (C=O) groups excluding carboxylic acids is 2. The minimum Gasteiger partial charge on any atom is -0.395 e. The quantitative estimate of drug-likeness (QED) is 0.0481. The Hall–Kier alpha value is -7.18. The number of likely N-dealkylation sites (tertiary alicyclic amines) is 3. The average Bonchev–Trinajstić information content (AvgIpc) is 1.61. The van der Waals surface area contributed by atoms with E-state index < -0.39 is 21.9 Å². The largest absolute Gasteiger partial charge is 0.395 e. The van der Waals surface area contributed by atoms with Gasteiger partial charge in [0.05, 0.1) is 89.0 Å². The zero-order chi connectivity index (χ0) is 98.8. The molecule has 8 aliphatic rings. The van der Waals surface area contributed by atoms with Crippen molar-refractivity contribution in [2.24, 2.45) is 13.0 Å². The number of halogens is 2. The van der Waals surface area contributed by atoms with E-state index >= 15 is 0 Å². The SMILES string of the molecule is CC(C)c1cn(C)nc1C(C)C.CC(C)c1cn(C2CCN(C(=O)C3CC3(F)F)CC2)nc1C(C)C.CC(C)c1cn(C2CCN(C(=O)NC3CC3)CC2)nc1C(C)C.CC(C)c1cn(C2CCN(CCO)CC2)nc1C(C)C.CC(C)c1cn(C2CCN(S(C)(=O)=O)CC2)nc1C(C)C.CC(C)c1cn(C2CCNCC2)nc1C(C)C.CC(C)c1cn(C2CCOCC2)nc1C(C)C. The topological polar surface area (TPSA) is 260 Å². The van der Waals surface area contributed by atoms with Crippen LogP contribution in [-0.4, -0.2) is 223 Å². The number of aromatic nitrogens is 14. The van der Waals surface area contributed by atoms with E-state index in [2.05, 4.69) is 281 Å². The zero-order valence-corrected chi connectivity index (χ0v) is 89.3. The van der Waals surface area contributed by atoms with Gasteiger partial charge < -0.3 is 35.2 Å². The summed E-state index contributed by atoms with van der Waals surface area (Å²) in [5, 5.41) is 48.9. The molecule has 2 aliphatic carbocycles. The van der Waals surface area contributed by atoms with E-state index in [-0.39, 0.29) is 31.0 Å². The normalized spacial score (nSPS) is 19.0. The number of sulfonamides is 1. The van der Waals surface area contributed by atoms with Crippen molar-refractivity contribution in [2.75, 3.05) is 98.1 Å². The average molecular weight is 1890 g/mol. The van der Waals surface area contributed by atoms with Crippen LogP contribution in [0.3, 0.4) is 0 Å². The molecule has 2 saturated carbocycles. The zero-order valence-electron chi connectivity index (χ0n) is 88.5. The van der Waals surface area contributed by atoms with Crippen molar-refractivity contribution >= 4 is 22.0 Å². The van der Waals surface area contributed by atoms with Gasteiger partial charge in [-0.2, -0.15) is 35.7 Å². The van der Waals surface area contributed by atoms with Crippen LogP contribution in [0.15, 0.2) is 43.4 Å². The number of hydrogen-bond acceptors (Lipinski definition) is 15. The van der Waals surface area contributed by atoms with Gasteiger partial charge in [-0.05, 0) is 225 Å². The van der Waals surface area contributed by atoms with E-state index in [9.17, 15) is 26.8 Å². The number of aliphatic hydroxyl groups excluding tert-OH is 1. The van der Waals surface area contributed by atoms with Crippen LogP contribution in [0.5, 0.6) is 0 Å². The van der Waals surface area contributed by atoms with Crippen LogP contribution in [0.1, 0.15) is 488 Å². The van der Waals surface area contributed by atoms with E-state index in [1.807, 2.05) is 21.3 Å². The number of β-amino-alcohol motifs (C(OH)–C–C–N with tert-alkyl or cyclic N) is 1. The lowest BCUT2D eigenvalue weighted by atomic mass is 9.98. The molecule has 7 aromatic heterocycles. The summed E-state index contributed by atoms with van der Waals surface area (Å²) < 4.78 is 71.1. The van der Waals surface area contributed by atoms with Gasteiger partial charge in [0.2, 0.25) is 15.9 Å². The molecule has 3 amide bonds. The lowest BCUT2D eigenvalue weighted by Gasteiger charge is -2.32. The Labute approximate surface area is 806 Å². The van der Waals surface area contributed by atoms with Gasteiger partial charge in [-0.1, -0.05) is 194 Å². The fraction of sp³-hybridized carbons (Fsp3) is 0.781. The lowest BCUT2D eigenvalue weighted by Crippen LogP contribution is -2.45. The van der Waals surface area contributed by atoms with E-state index in [0.717, 1.165) is 142 Å². The molecule has 1 unspecified atom stereocenters. The molecule has 15 rings (SSSR count). The molecule has 13 heterocycles. The van der Waals surface area contributed by atoms with Crippen LogP contribution in [0.2, 0.25) is 0 Å². The van der Waals surface area contributed by atoms with Crippen molar-refractivity contribution in [2.45, 2.75) is 421 Å². The smallest absolute Gasteiger partial charge is 0.317 e. The molecule has 6 saturated heterocycles. The molecule has 1 atom stereocenters. The minimum absolute atomic E-state index is 0.122. The van der Waals surface area contributed by atoms with Crippen molar-refractivity contribution in [3.05, 3.63) is 122 Å². The maximum atomic E-state index is 13.1. The first-order valence-corrected chi connectivity index (χ1v) is 53.8. The molecule has 0 aromatic carbocycles. The Kier molecular flexibility index (Phi) is 41.3. The second kappa shape index (κ2) is 50.1. The molecular weight excluding hydrogens is 1710 g/mol. The third kappa shape index (κ3) is 30.7. The van der Waals surface area contributed by atoms with Crippen LogP contribution < -0.4 is 10.6 Å². The number of carbonyl (C=O) groups is 2. The van der Waals surface area contributed by atoms with Gasteiger partial charge in [0.1, 0.15) is 5.92 Å². The van der Waals surface area contributed by atoms with Gasteiger partial charge in [-0.25, -0.2) is 26.3 Å². The second-order valence-electron chi connectivity index (χ2n) is 44.0. The van der Waals surface area contributed by atoms with Crippen molar-refractivity contribution < 1.29 is 36.6 Å². The number of piperidine rings is 5. The number of nitrogens with one attached hydrogen (secondary N) is 2. The third-order valence-electron chi connectivity index (χ3n) is 28.0. The number of nitrogens with zero attached hydrogens (tertiary/aromatic N) is 18. The monoisotopic (exact) mass is 1890 g/mol. The van der Waals surface area contributed by atoms with E-state index in [4.69, 9.17) is 40.4 Å². The van der Waals surface area contributed by atoms with E-state index in [1.165, 1.54) is 92.2 Å². The summed E-state index contributed by atoms with van der Waals surface area (Å²) in [5.74, 6) is 2.73. The first-order chi connectivity index (χ1) is 63.1. The van der Waals surface area contributed by atoms with Gasteiger partial charge in [0, 0.05) is 135 Å². The van der Waals surface area contributed by atoms with Crippen molar-refractivity contribution in [1.29, 1.82) is 0 Å². The van der Waals surface area contributed by atoms with Crippen LogP contribution in [0, 0.1) is 5.92 Å². The van der Waals surface area contributed by atoms with Gasteiger partial charge in [0.25, 0.3) is 5.92 Å². The second-order valence-corrected chi connectivity index (χ2v) is 46.0. The highest BCUT2D eigenvalue weighted by Crippen LogP contribution is 2.50. The predicted molar refractivity (Wildman–Crippen MR) is 540 cm³/mol. The molecule has 756 valence electrons. The summed E-state index contributed by atoms with van der Waals surface area (Å²) in [6.45, 7) is 73.1. The Morgan fingerprint density at radius 2 is 0.649 bits per heavy atom. The number of urea groups is 1. The number of aryl methyl sites for hydroxylation is 1. The first kappa shape index (κ1) is 110. The van der Waals surface area contributed by atoms with Crippen LogP contribution >= 0.6 is 0 Å². The van der Waals surface area contributed by atoms with Gasteiger partial charge >= 0.3 is 6.03 Å². The van der Waals surface area contributed by atoms with E-state index in [0.29, 0.717) is 145 Å². The molecule has 0 spiro atoms. The highest BCUT2D eigenvalue weighted by molar-refractivity contribution is 7.88. The van der Waals surface area contributed by atoms with Crippen LogP contribution in [0.4, 0.5) is 13.6 Å². The van der Waals surface area contributed by atoms with Gasteiger partial charge in [-0.15, -0.1) is 0 Å². The number of alkyl halides is 2. The Morgan fingerprint density at radius 1 is 0.388 bits per heavy atom. The Balaban J connectivity index is 0.000000177. The van der Waals surface area contributed by atoms with Gasteiger partial charge in [0.15, 0.2) is 0 Å². The van der Waals surface area contributed by atoms with Crippen molar-refractivity contribution in [1.82, 2.24) is 98.1 Å². The fourth-order valence-electron chi connectivity index (χ4n) is 19.3.